The van der Waals surface area contributed by atoms with E-state index in [1.807, 2.05) is 0 Å². The number of hydrogen-bond donors (Lipinski definition) is 2. The molecule has 1 aliphatic rings. The molecule has 3 nitrogen and oxygen atoms in total. The first-order valence-corrected chi connectivity index (χ1v) is 4.55. The zero-order chi connectivity index (χ0) is 9.19. The average Bonchev–Trinajstić information content (AvgIpc) is 1.93. The van der Waals surface area contributed by atoms with Crippen LogP contribution in [-0.4, -0.2) is 30.4 Å². The zero-order valence-corrected chi connectivity index (χ0v) is 8.06. The second-order valence-electron chi connectivity index (χ2n) is 4.47. The highest BCUT2D eigenvalue weighted by atomic mass is 15.1. The van der Waals surface area contributed by atoms with E-state index in [0.717, 1.165) is 13.1 Å². The van der Waals surface area contributed by atoms with Crippen molar-refractivity contribution < 1.29 is 0 Å². The van der Waals surface area contributed by atoms with Crippen LogP contribution in [0.25, 0.3) is 0 Å². The van der Waals surface area contributed by atoms with E-state index in [1.54, 1.807) is 0 Å². The molecule has 12 heavy (non-hydrogen) atoms. The maximum atomic E-state index is 7.17. The van der Waals surface area contributed by atoms with Crippen molar-refractivity contribution in [2.45, 2.75) is 26.7 Å². The summed E-state index contributed by atoms with van der Waals surface area (Å²) in [6.45, 7) is 7.44. The molecule has 3 N–H and O–H groups in total. The predicted molar refractivity (Wildman–Crippen MR) is 51.4 cm³/mol. The van der Waals surface area contributed by atoms with Gasteiger partial charge in [0.15, 0.2) is 0 Å². The van der Waals surface area contributed by atoms with Gasteiger partial charge >= 0.3 is 0 Å². The van der Waals surface area contributed by atoms with Gasteiger partial charge in [-0.3, -0.25) is 10.3 Å². The summed E-state index contributed by atoms with van der Waals surface area (Å²) in [5.41, 5.74) is 5.83. The molecular weight excluding hydrogens is 150 g/mol. The highest BCUT2D eigenvalue weighted by Gasteiger charge is 2.25. The van der Waals surface area contributed by atoms with Gasteiger partial charge in [-0.1, -0.05) is 13.8 Å². The molecule has 0 unspecified atom stereocenters. The van der Waals surface area contributed by atoms with Gasteiger partial charge in [-0.15, -0.1) is 0 Å². The summed E-state index contributed by atoms with van der Waals surface area (Å²) in [6.07, 6.45) is 2.45. The largest absolute Gasteiger partial charge is 0.387 e. The standard InChI is InChI=1S/C9H19N3/c1-9(2)3-5-12(6-4-9)7-8(10)11/h3-7H2,1-2H3,(H3,10,11). The summed E-state index contributed by atoms with van der Waals surface area (Å²) < 4.78 is 0. The first-order chi connectivity index (χ1) is 5.49. The maximum absolute atomic E-state index is 7.17. The van der Waals surface area contributed by atoms with Crippen molar-refractivity contribution >= 4 is 5.84 Å². The Kier molecular flexibility index (Phi) is 2.73. The molecule has 0 saturated carbocycles. The van der Waals surface area contributed by atoms with Gasteiger partial charge in [-0.05, 0) is 31.3 Å². The number of rotatable bonds is 2. The summed E-state index contributed by atoms with van der Waals surface area (Å²) >= 11 is 0. The van der Waals surface area contributed by atoms with Crippen LogP contribution in [0.15, 0.2) is 0 Å². The van der Waals surface area contributed by atoms with Gasteiger partial charge in [0.25, 0.3) is 0 Å². The average molecular weight is 169 g/mol. The molecule has 0 amide bonds. The van der Waals surface area contributed by atoms with Crippen LogP contribution in [0.1, 0.15) is 26.7 Å². The molecule has 3 heteroatoms. The molecule has 1 rings (SSSR count). The topological polar surface area (TPSA) is 53.1 Å². The summed E-state index contributed by atoms with van der Waals surface area (Å²) in [7, 11) is 0. The highest BCUT2D eigenvalue weighted by molar-refractivity contribution is 5.78. The molecule has 0 radical (unpaired) electrons. The molecule has 70 valence electrons. The van der Waals surface area contributed by atoms with E-state index in [1.165, 1.54) is 12.8 Å². The van der Waals surface area contributed by atoms with Gasteiger partial charge in [-0.25, -0.2) is 0 Å². The van der Waals surface area contributed by atoms with E-state index >= 15 is 0 Å². The SMILES string of the molecule is CC1(C)CCN(CC(=N)N)CC1. The summed E-state index contributed by atoms with van der Waals surface area (Å²) in [5.74, 6) is 0.287. The van der Waals surface area contributed by atoms with E-state index in [0.29, 0.717) is 12.0 Å². The van der Waals surface area contributed by atoms with Gasteiger partial charge in [-0.2, -0.15) is 0 Å². The summed E-state index contributed by atoms with van der Waals surface area (Å²) in [4.78, 5) is 2.26. The summed E-state index contributed by atoms with van der Waals surface area (Å²) in [6, 6.07) is 0. The second-order valence-corrected chi connectivity index (χ2v) is 4.47. The lowest BCUT2D eigenvalue weighted by molar-refractivity contribution is 0.147. The minimum absolute atomic E-state index is 0.287. The maximum Gasteiger partial charge on any atom is 0.105 e. The van der Waals surface area contributed by atoms with Crippen molar-refractivity contribution in [1.29, 1.82) is 5.41 Å². The fraction of sp³-hybridized carbons (Fsp3) is 0.889. The molecule has 0 aromatic carbocycles. The fourth-order valence-electron chi connectivity index (χ4n) is 1.56. The zero-order valence-electron chi connectivity index (χ0n) is 8.06. The Balaban J connectivity index is 2.31. The third kappa shape index (κ3) is 2.81. The normalized spacial score (nSPS) is 23.8. The Hall–Kier alpha value is -0.570. The molecule has 0 aliphatic carbocycles. The van der Waals surface area contributed by atoms with E-state index in [2.05, 4.69) is 18.7 Å². The minimum Gasteiger partial charge on any atom is -0.387 e. The molecule has 1 aliphatic heterocycles. The van der Waals surface area contributed by atoms with Crippen LogP contribution < -0.4 is 5.73 Å². The Labute approximate surface area is 74.4 Å². The lowest BCUT2D eigenvalue weighted by Crippen LogP contribution is -2.41. The molecule has 0 aromatic rings. The lowest BCUT2D eigenvalue weighted by atomic mass is 9.83. The highest BCUT2D eigenvalue weighted by Crippen LogP contribution is 2.29. The number of amidine groups is 1. The molecule has 0 bridgehead atoms. The van der Waals surface area contributed by atoms with Gasteiger partial charge in [0.05, 0.1) is 6.54 Å². The molecule has 1 fully saturated rings. The minimum atomic E-state index is 0.287. The van der Waals surface area contributed by atoms with Crippen molar-refractivity contribution in [3.8, 4) is 0 Å². The molecule has 1 heterocycles. The quantitative estimate of drug-likeness (QED) is 0.479. The third-order valence-electron chi connectivity index (χ3n) is 2.60. The van der Waals surface area contributed by atoms with Crippen LogP contribution in [0.4, 0.5) is 0 Å². The predicted octanol–water partition coefficient (Wildman–Crippen LogP) is 1.04. The Morgan fingerprint density at radius 1 is 1.42 bits per heavy atom. The van der Waals surface area contributed by atoms with Crippen LogP contribution in [0.2, 0.25) is 0 Å². The fourth-order valence-corrected chi connectivity index (χ4v) is 1.56. The van der Waals surface area contributed by atoms with E-state index < -0.39 is 0 Å². The molecule has 0 atom stereocenters. The molecule has 1 saturated heterocycles. The van der Waals surface area contributed by atoms with Gasteiger partial charge in [0.1, 0.15) is 5.84 Å². The first-order valence-electron chi connectivity index (χ1n) is 4.55. The van der Waals surface area contributed by atoms with Crippen LogP contribution >= 0.6 is 0 Å². The second kappa shape index (κ2) is 3.44. The van der Waals surface area contributed by atoms with Crippen molar-refractivity contribution in [1.82, 2.24) is 4.90 Å². The van der Waals surface area contributed by atoms with Gasteiger partial charge < -0.3 is 5.73 Å². The van der Waals surface area contributed by atoms with Crippen molar-refractivity contribution in [2.24, 2.45) is 11.1 Å². The smallest absolute Gasteiger partial charge is 0.105 e. The molecule has 0 spiro atoms. The number of likely N-dealkylation sites (tertiary alicyclic amines) is 1. The monoisotopic (exact) mass is 169 g/mol. The van der Waals surface area contributed by atoms with Crippen LogP contribution in [-0.2, 0) is 0 Å². The van der Waals surface area contributed by atoms with E-state index in [-0.39, 0.29) is 5.84 Å². The van der Waals surface area contributed by atoms with Crippen molar-refractivity contribution in [2.75, 3.05) is 19.6 Å². The number of piperidine rings is 1. The van der Waals surface area contributed by atoms with Crippen molar-refractivity contribution in [3.05, 3.63) is 0 Å². The Morgan fingerprint density at radius 3 is 2.33 bits per heavy atom. The molecule has 0 aromatic heterocycles. The van der Waals surface area contributed by atoms with E-state index in [9.17, 15) is 0 Å². The summed E-state index contributed by atoms with van der Waals surface area (Å²) in [5, 5.41) is 7.17. The molecular formula is C9H19N3. The first kappa shape index (κ1) is 9.52. The third-order valence-corrected chi connectivity index (χ3v) is 2.60. The van der Waals surface area contributed by atoms with Crippen LogP contribution in [0.5, 0.6) is 0 Å². The van der Waals surface area contributed by atoms with Gasteiger partial charge in [0, 0.05) is 0 Å². The number of nitrogens with zero attached hydrogens (tertiary/aromatic N) is 1. The number of nitrogens with one attached hydrogen (secondary N) is 1. The van der Waals surface area contributed by atoms with Crippen molar-refractivity contribution in [3.63, 3.8) is 0 Å². The Morgan fingerprint density at radius 2 is 1.92 bits per heavy atom. The number of nitrogens with two attached hydrogens (primary N) is 1. The van der Waals surface area contributed by atoms with Crippen LogP contribution in [0, 0.1) is 10.8 Å². The number of hydrogen-bond acceptors (Lipinski definition) is 2. The van der Waals surface area contributed by atoms with Crippen LogP contribution in [0.3, 0.4) is 0 Å². The lowest BCUT2D eigenvalue weighted by Gasteiger charge is -2.36. The Bertz CT molecular complexity index is 165. The van der Waals surface area contributed by atoms with E-state index in [4.69, 9.17) is 11.1 Å². The van der Waals surface area contributed by atoms with Gasteiger partial charge in [0.2, 0.25) is 0 Å².